The number of aryl methyl sites for hydroxylation is 1. The number of imidazole rings is 1. The van der Waals surface area contributed by atoms with E-state index in [4.69, 9.17) is 21.1 Å². The van der Waals surface area contributed by atoms with E-state index in [0.717, 1.165) is 5.56 Å². The van der Waals surface area contributed by atoms with Crippen LogP contribution < -0.4 is 14.8 Å². The zero-order chi connectivity index (χ0) is 18.8. The Morgan fingerprint density at radius 1 is 1.22 bits per heavy atom. The number of aromatic nitrogens is 2. The lowest BCUT2D eigenvalue weighted by molar-refractivity contribution is -0.130. The van der Waals surface area contributed by atoms with Gasteiger partial charge in [-0.15, -0.1) is 0 Å². The number of rotatable bonds is 4. The number of carbonyl (C=O) groups excluding carboxylic acids is 1. The Morgan fingerprint density at radius 3 is 2.67 bits per heavy atom. The molecule has 1 N–H and O–H groups in total. The van der Waals surface area contributed by atoms with Crippen molar-refractivity contribution in [3.8, 4) is 11.5 Å². The minimum Gasteiger partial charge on any atom is -0.485 e. The van der Waals surface area contributed by atoms with Crippen molar-refractivity contribution in [1.29, 1.82) is 0 Å². The van der Waals surface area contributed by atoms with Crippen molar-refractivity contribution in [2.24, 2.45) is 7.05 Å². The number of hydrogen-bond donors (Lipinski definition) is 1. The predicted octanol–water partition coefficient (Wildman–Crippen LogP) is 3.12. The topological polar surface area (TPSA) is 65.4 Å². The van der Waals surface area contributed by atoms with E-state index >= 15 is 0 Å². The summed E-state index contributed by atoms with van der Waals surface area (Å²) in [6.45, 7) is 0.150. The number of para-hydroxylation sites is 2. The van der Waals surface area contributed by atoms with Gasteiger partial charge in [0.25, 0.3) is 5.91 Å². The fraction of sp³-hybridized carbons (Fsp3) is 0.200. The summed E-state index contributed by atoms with van der Waals surface area (Å²) < 4.78 is 13.3. The van der Waals surface area contributed by atoms with Gasteiger partial charge in [-0.3, -0.25) is 4.79 Å². The summed E-state index contributed by atoms with van der Waals surface area (Å²) in [7, 11) is 1.88. The van der Waals surface area contributed by atoms with Crippen LogP contribution in [0.3, 0.4) is 0 Å². The Hall–Kier alpha value is -2.99. The van der Waals surface area contributed by atoms with Crippen LogP contribution in [0, 0.1) is 0 Å². The van der Waals surface area contributed by atoms with Gasteiger partial charge < -0.3 is 19.4 Å². The second-order valence-corrected chi connectivity index (χ2v) is 6.69. The molecule has 0 unspecified atom stereocenters. The average Bonchev–Trinajstić information content (AvgIpc) is 3.12. The summed E-state index contributed by atoms with van der Waals surface area (Å²) in [6.07, 6.45) is 2.79. The molecule has 0 saturated heterocycles. The number of benzene rings is 2. The van der Waals surface area contributed by atoms with Gasteiger partial charge in [-0.25, -0.2) is 4.98 Å². The van der Waals surface area contributed by atoms with E-state index in [9.17, 15) is 4.79 Å². The smallest absolute Gasteiger partial charge is 0.265 e. The molecule has 3 aromatic rings. The number of nitrogens with one attached hydrogen (secondary N) is 1. The zero-order valence-corrected chi connectivity index (χ0v) is 15.4. The molecule has 0 fully saturated rings. The highest BCUT2D eigenvalue weighted by atomic mass is 35.5. The Morgan fingerprint density at radius 2 is 1.96 bits per heavy atom. The molecule has 0 aliphatic carbocycles. The average molecular weight is 384 g/mol. The van der Waals surface area contributed by atoms with Crippen molar-refractivity contribution in [3.05, 3.63) is 77.3 Å². The van der Waals surface area contributed by atoms with Crippen molar-refractivity contribution in [2.45, 2.75) is 12.1 Å². The molecule has 1 aromatic heterocycles. The quantitative estimate of drug-likeness (QED) is 0.751. The first-order valence-corrected chi connectivity index (χ1v) is 8.91. The van der Waals surface area contributed by atoms with Crippen LogP contribution in [0.15, 0.2) is 60.9 Å². The number of fused-ring (bicyclic) bond motifs is 1. The first-order chi connectivity index (χ1) is 13.1. The van der Waals surface area contributed by atoms with E-state index in [1.807, 2.05) is 48.1 Å². The van der Waals surface area contributed by atoms with E-state index < -0.39 is 12.1 Å². The maximum Gasteiger partial charge on any atom is 0.265 e. The summed E-state index contributed by atoms with van der Waals surface area (Å²) in [6, 6.07) is 14.2. The molecule has 4 rings (SSSR count). The monoisotopic (exact) mass is 383 g/mol. The number of nitrogens with zero attached hydrogens (tertiary/aromatic N) is 2. The van der Waals surface area contributed by atoms with E-state index in [2.05, 4.69) is 10.3 Å². The maximum absolute atomic E-state index is 12.9. The Kier molecular flexibility index (Phi) is 4.73. The third-order valence-corrected chi connectivity index (χ3v) is 4.66. The third kappa shape index (κ3) is 3.61. The highest BCUT2D eigenvalue weighted by Crippen LogP contribution is 2.31. The minimum absolute atomic E-state index is 0.150. The summed E-state index contributed by atoms with van der Waals surface area (Å²) in [5.41, 5.74) is 0.874. The Labute approximate surface area is 161 Å². The lowest BCUT2D eigenvalue weighted by atomic mass is 10.1. The maximum atomic E-state index is 12.9. The largest absolute Gasteiger partial charge is 0.485 e. The van der Waals surface area contributed by atoms with Gasteiger partial charge >= 0.3 is 0 Å². The van der Waals surface area contributed by atoms with Crippen LogP contribution in [0.1, 0.15) is 17.4 Å². The fourth-order valence-corrected chi connectivity index (χ4v) is 3.12. The fourth-order valence-electron chi connectivity index (χ4n) is 2.99. The molecule has 0 radical (unpaired) electrons. The molecule has 2 aromatic carbocycles. The Balaban J connectivity index is 1.58. The van der Waals surface area contributed by atoms with Gasteiger partial charge in [-0.1, -0.05) is 35.9 Å². The van der Waals surface area contributed by atoms with Gasteiger partial charge in [0.1, 0.15) is 18.5 Å². The standard InChI is InChI=1S/C20H18ClN3O3/c1-24-11-10-22-19(24)18(13-6-8-14(21)9-7-13)23-20(25)17-12-26-15-4-2-3-5-16(15)27-17/h2-11,17-18H,12H2,1H3,(H,23,25)/t17-,18+/m1/s1. The molecule has 6 nitrogen and oxygen atoms in total. The normalized spacial score (nSPS) is 16.6. The van der Waals surface area contributed by atoms with Gasteiger partial charge in [0.2, 0.25) is 6.10 Å². The Bertz CT molecular complexity index is 955. The van der Waals surface area contributed by atoms with Crippen molar-refractivity contribution in [2.75, 3.05) is 6.61 Å². The van der Waals surface area contributed by atoms with Crippen LogP contribution in [-0.4, -0.2) is 28.2 Å². The molecule has 0 spiro atoms. The first-order valence-electron chi connectivity index (χ1n) is 8.53. The molecule has 0 saturated carbocycles. The minimum atomic E-state index is -0.741. The lowest BCUT2D eigenvalue weighted by Crippen LogP contribution is -2.45. The molecule has 2 atom stereocenters. The SMILES string of the molecule is Cn1ccnc1[C@@H](NC(=O)[C@H]1COc2ccccc2O1)c1ccc(Cl)cc1. The summed E-state index contributed by atoms with van der Waals surface area (Å²) in [4.78, 5) is 17.3. The number of hydrogen-bond acceptors (Lipinski definition) is 4. The molecular formula is C20H18ClN3O3. The summed E-state index contributed by atoms with van der Waals surface area (Å²) in [5.74, 6) is 1.64. The molecule has 1 aliphatic rings. The van der Waals surface area contributed by atoms with Gasteiger partial charge in [0.05, 0.1) is 0 Å². The lowest BCUT2D eigenvalue weighted by Gasteiger charge is -2.27. The van der Waals surface area contributed by atoms with Gasteiger partial charge in [-0.2, -0.15) is 0 Å². The molecule has 138 valence electrons. The van der Waals surface area contributed by atoms with E-state index in [1.165, 1.54) is 0 Å². The number of amides is 1. The van der Waals surface area contributed by atoms with Gasteiger partial charge in [0.15, 0.2) is 11.5 Å². The molecule has 7 heteroatoms. The summed E-state index contributed by atoms with van der Waals surface area (Å²) in [5, 5.41) is 3.66. The van der Waals surface area contributed by atoms with Crippen LogP contribution >= 0.6 is 11.6 Å². The molecular weight excluding hydrogens is 366 g/mol. The highest BCUT2D eigenvalue weighted by Gasteiger charge is 2.30. The van der Waals surface area contributed by atoms with Crippen LogP contribution in [0.4, 0.5) is 0 Å². The van der Waals surface area contributed by atoms with Gasteiger partial charge in [0, 0.05) is 24.5 Å². The van der Waals surface area contributed by atoms with E-state index in [-0.39, 0.29) is 12.5 Å². The molecule has 2 heterocycles. The second kappa shape index (κ2) is 7.32. The number of halogens is 1. The molecule has 0 bridgehead atoms. The molecule has 1 aliphatic heterocycles. The van der Waals surface area contributed by atoms with Crippen LogP contribution in [0.25, 0.3) is 0 Å². The number of carbonyl (C=O) groups is 1. The van der Waals surface area contributed by atoms with E-state index in [1.54, 1.807) is 24.4 Å². The predicted molar refractivity (Wildman–Crippen MR) is 101 cm³/mol. The van der Waals surface area contributed by atoms with Crippen molar-refractivity contribution in [3.63, 3.8) is 0 Å². The number of ether oxygens (including phenoxy) is 2. The van der Waals surface area contributed by atoms with Crippen LogP contribution in [0.2, 0.25) is 5.02 Å². The van der Waals surface area contributed by atoms with Crippen LogP contribution in [-0.2, 0) is 11.8 Å². The van der Waals surface area contributed by atoms with Crippen LogP contribution in [0.5, 0.6) is 11.5 Å². The first kappa shape index (κ1) is 17.4. The van der Waals surface area contributed by atoms with Crippen molar-refractivity contribution in [1.82, 2.24) is 14.9 Å². The molecule has 1 amide bonds. The van der Waals surface area contributed by atoms with Crippen molar-refractivity contribution < 1.29 is 14.3 Å². The van der Waals surface area contributed by atoms with Crippen molar-refractivity contribution >= 4 is 17.5 Å². The summed E-state index contributed by atoms with van der Waals surface area (Å²) >= 11 is 6.00. The second-order valence-electron chi connectivity index (χ2n) is 6.25. The van der Waals surface area contributed by atoms with E-state index in [0.29, 0.717) is 22.3 Å². The zero-order valence-electron chi connectivity index (χ0n) is 14.6. The molecule has 27 heavy (non-hydrogen) atoms. The third-order valence-electron chi connectivity index (χ3n) is 4.41. The highest BCUT2D eigenvalue weighted by molar-refractivity contribution is 6.30. The van der Waals surface area contributed by atoms with Gasteiger partial charge in [-0.05, 0) is 29.8 Å².